The van der Waals surface area contributed by atoms with Crippen LogP contribution in [0, 0.1) is 5.21 Å². The normalized spacial score (nSPS) is 12.2. The first kappa shape index (κ1) is 18.1. The first-order valence-corrected chi connectivity index (χ1v) is 9.78. The molecule has 0 spiro atoms. The molecule has 25 heavy (non-hydrogen) atoms. The lowest BCUT2D eigenvalue weighted by Gasteiger charge is -2.20. The van der Waals surface area contributed by atoms with E-state index in [9.17, 15) is 10.0 Å². The molecule has 3 heterocycles. The van der Waals surface area contributed by atoms with Crippen LogP contribution in [-0.4, -0.2) is 21.2 Å². The fraction of sp³-hybridized carbons (Fsp3) is 0.471. The van der Waals surface area contributed by atoms with Crippen molar-refractivity contribution >= 4 is 54.6 Å². The molecule has 0 N–H and O–H groups in total. The van der Waals surface area contributed by atoms with Gasteiger partial charge in [0.05, 0.1) is 3.79 Å². The maximum Gasteiger partial charge on any atom is 0.420 e. The van der Waals surface area contributed by atoms with E-state index >= 15 is 0 Å². The Labute approximate surface area is 158 Å². The smallest absolute Gasteiger partial charge is 0.420 e. The van der Waals surface area contributed by atoms with Gasteiger partial charge in [-0.25, -0.2) is 14.3 Å². The zero-order valence-corrected chi connectivity index (χ0v) is 17.0. The Morgan fingerprint density at radius 2 is 2.20 bits per heavy atom. The molecule has 0 fully saturated rings. The summed E-state index contributed by atoms with van der Waals surface area (Å²) in [5.74, 6) is 0.628. The molecule has 0 saturated carbocycles. The van der Waals surface area contributed by atoms with Gasteiger partial charge in [0.25, 0.3) is 0 Å². The van der Waals surface area contributed by atoms with E-state index in [1.807, 2.05) is 20.8 Å². The number of carbonyl (C=O) groups excluding carboxylic acids is 1. The number of aromatic nitrogens is 3. The minimum atomic E-state index is -0.613. The molecule has 0 aliphatic rings. The Balaban J connectivity index is 2.29. The number of halogens is 1. The summed E-state index contributed by atoms with van der Waals surface area (Å²) in [4.78, 5) is 17.4. The molecule has 0 aromatic carbocycles. The Hall–Kier alpha value is -1.67. The number of thiophene rings is 1. The maximum absolute atomic E-state index is 12.9. The van der Waals surface area contributed by atoms with E-state index in [1.54, 1.807) is 6.07 Å². The van der Waals surface area contributed by atoms with Gasteiger partial charge in [0.2, 0.25) is 11.7 Å². The van der Waals surface area contributed by atoms with Gasteiger partial charge in [-0.15, -0.1) is 11.3 Å². The van der Waals surface area contributed by atoms with Crippen LogP contribution < -0.4 is 4.73 Å². The van der Waals surface area contributed by atoms with E-state index in [0.29, 0.717) is 28.8 Å². The quantitative estimate of drug-likeness (QED) is 0.447. The first-order valence-electron chi connectivity index (χ1n) is 8.17. The van der Waals surface area contributed by atoms with Crippen molar-refractivity contribution in [2.75, 3.05) is 0 Å². The molecule has 8 heteroatoms. The van der Waals surface area contributed by atoms with Crippen LogP contribution in [0.25, 0.3) is 21.3 Å². The van der Waals surface area contributed by atoms with Crippen molar-refractivity contribution in [3.05, 3.63) is 27.1 Å². The van der Waals surface area contributed by atoms with Crippen LogP contribution in [0.5, 0.6) is 0 Å². The van der Waals surface area contributed by atoms with Gasteiger partial charge in [0.1, 0.15) is 21.6 Å². The van der Waals surface area contributed by atoms with E-state index in [0.717, 1.165) is 26.1 Å². The second-order valence-corrected chi connectivity index (χ2v) is 9.33. The molecule has 0 amide bonds. The van der Waals surface area contributed by atoms with Gasteiger partial charge in [-0.3, -0.25) is 0 Å². The summed E-state index contributed by atoms with van der Waals surface area (Å²) in [7, 11) is 0. The predicted molar refractivity (Wildman–Crippen MR) is 102 cm³/mol. The van der Waals surface area contributed by atoms with Gasteiger partial charge in [0.15, 0.2) is 5.52 Å². The number of ether oxygens (including phenoxy) is 1. The summed E-state index contributed by atoms with van der Waals surface area (Å²) in [6.07, 6.45) is 3.50. The van der Waals surface area contributed by atoms with Gasteiger partial charge >= 0.3 is 6.09 Å². The summed E-state index contributed by atoms with van der Waals surface area (Å²) in [6.45, 7) is 7.58. The standard InChI is InChI=1S/C17H20BrN3O3S/c1-5-6-7-13-19-10-9-20(23)11-8-12(18)25-15(11)14(10)21(13)16(22)24-17(2,3)4/h8-9H,5-7H2,1-4H3. The first-order chi connectivity index (χ1) is 11.7. The number of fused-ring (bicyclic) bond motifs is 3. The molecule has 0 aliphatic heterocycles. The van der Waals surface area contributed by atoms with E-state index in [2.05, 4.69) is 27.8 Å². The van der Waals surface area contributed by atoms with Crippen molar-refractivity contribution in [3.8, 4) is 0 Å². The fourth-order valence-corrected chi connectivity index (χ4v) is 4.28. The molecule has 3 aromatic heterocycles. The summed E-state index contributed by atoms with van der Waals surface area (Å²) >= 11 is 4.83. The Kier molecular flexibility index (Phi) is 4.76. The molecule has 0 radical (unpaired) electrons. The molecule has 6 nitrogen and oxygen atoms in total. The largest absolute Gasteiger partial charge is 0.618 e. The monoisotopic (exact) mass is 425 g/mol. The minimum Gasteiger partial charge on any atom is -0.618 e. The Morgan fingerprint density at radius 3 is 2.84 bits per heavy atom. The molecule has 134 valence electrons. The van der Waals surface area contributed by atoms with Crippen molar-refractivity contribution in [1.82, 2.24) is 9.55 Å². The van der Waals surface area contributed by atoms with E-state index < -0.39 is 11.7 Å². The van der Waals surface area contributed by atoms with Gasteiger partial charge in [0, 0.05) is 12.5 Å². The van der Waals surface area contributed by atoms with Crippen LogP contribution in [0.4, 0.5) is 4.79 Å². The van der Waals surface area contributed by atoms with Crippen LogP contribution in [0.2, 0.25) is 0 Å². The van der Waals surface area contributed by atoms with Gasteiger partial charge in [-0.2, -0.15) is 4.73 Å². The zero-order chi connectivity index (χ0) is 18.4. The summed E-state index contributed by atoms with van der Waals surface area (Å²) in [5, 5.41) is 12.3. The van der Waals surface area contributed by atoms with Crippen LogP contribution in [0.15, 0.2) is 16.0 Å². The number of hydrogen-bond donors (Lipinski definition) is 0. The lowest BCUT2D eigenvalue weighted by atomic mass is 10.2. The second kappa shape index (κ2) is 6.57. The highest BCUT2D eigenvalue weighted by Gasteiger charge is 2.27. The number of imidazole rings is 1. The SMILES string of the molecule is CCCCc1nc2c[n+]([O-])c3cc(Br)sc3c2n1C(=O)OC(C)(C)C. The van der Waals surface area contributed by atoms with Crippen molar-refractivity contribution in [1.29, 1.82) is 0 Å². The van der Waals surface area contributed by atoms with Crippen molar-refractivity contribution in [2.45, 2.75) is 52.6 Å². The van der Waals surface area contributed by atoms with E-state index in [1.165, 1.54) is 22.1 Å². The molecule has 3 rings (SSSR count). The van der Waals surface area contributed by atoms with Crippen LogP contribution in [-0.2, 0) is 11.2 Å². The van der Waals surface area contributed by atoms with Gasteiger partial charge in [-0.05, 0) is 43.1 Å². The molecule has 0 bridgehead atoms. The minimum absolute atomic E-state index is 0.462. The molecule has 0 unspecified atom stereocenters. The van der Waals surface area contributed by atoms with Crippen LogP contribution in [0.1, 0.15) is 46.4 Å². The third-order valence-electron chi connectivity index (χ3n) is 3.68. The highest BCUT2D eigenvalue weighted by atomic mass is 79.9. The van der Waals surface area contributed by atoms with Crippen LogP contribution >= 0.6 is 27.3 Å². The lowest BCUT2D eigenvalue weighted by molar-refractivity contribution is -0.575. The molecule has 0 saturated heterocycles. The molecule has 0 atom stereocenters. The van der Waals surface area contributed by atoms with Gasteiger partial charge in [-0.1, -0.05) is 13.3 Å². The zero-order valence-electron chi connectivity index (χ0n) is 14.6. The lowest BCUT2D eigenvalue weighted by Crippen LogP contribution is -2.29. The highest BCUT2D eigenvalue weighted by molar-refractivity contribution is 9.11. The van der Waals surface area contributed by atoms with E-state index in [-0.39, 0.29) is 0 Å². The van der Waals surface area contributed by atoms with Gasteiger partial charge < -0.3 is 9.94 Å². The third-order valence-corrected chi connectivity index (χ3v) is 5.31. The van der Waals surface area contributed by atoms with E-state index in [4.69, 9.17) is 4.74 Å². The van der Waals surface area contributed by atoms with Crippen LogP contribution in [0.3, 0.4) is 0 Å². The number of nitrogens with zero attached hydrogens (tertiary/aromatic N) is 3. The Morgan fingerprint density at radius 1 is 1.48 bits per heavy atom. The number of unbranched alkanes of at least 4 members (excludes halogenated alkanes) is 1. The van der Waals surface area contributed by atoms with Crippen molar-refractivity contribution in [2.24, 2.45) is 0 Å². The Bertz CT molecular complexity index is 956. The average Bonchev–Trinajstić information content (AvgIpc) is 3.03. The van der Waals surface area contributed by atoms with Crippen molar-refractivity contribution < 1.29 is 14.3 Å². The molecule has 3 aromatic rings. The number of carbonyl (C=O) groups is 1. The average molecular weight is 426 g/mol. The second-order valence-electron chi connectivity index (χ2n) is 6.90. The topological polar surface area (TPSA) is 71.1 Å². The highest BCUT2D eigenvalue weighted by Crippen LogP contribution is 2.34. The summed E-state index contributed by atoms with van der Waals surface area (Å²) in [5.41, 5.74) is 1.04. The van der Waals surface area contributed by atoms with Crippen molar-refractivity contribution in [3.63, 3.8) is 0 Å². The summed E-state index contributed by atoms with van der Waals surface area (Å²) < 4.78 is 9.47. The number of rotatable bonds is 3. The summed E-state index contributed by atoms with van der Waals surface area (Å²) in [6, 6.07) is 1.75. The molecule has 0 aliphatic carbocycles. The molecular formula is C17H20BrN3O3S. The number of hydrogen-bond acceptors (Lipinski definition) is 5. The maximum atomic E-state index is 12.9. The number of aryl methyl sites for hydroxylation is 1. The predicted octanol–water partition coefficient (Wildman–Crippen LogP) is 4.77. The molecular weight excluding hydrogens is 406 g/mol. The number of pyridine rings is 1. The fourth-order valence-electron chi connectivity index (χ4n) is 2.67. The third kappa shape index (κ3) is 3.50.